The molecule has 2 aromatic carbocycles. The predicted octanol–water partition coefficient (Wildman–Crippen LogP) is 3.66. The molecule has 0 aliphatic rings. The van der Waals surface area contributed by atoms with E-state index in [0.29, 0.717) is 34.3 Å². The molecule has 2 rings (SSSR count). The molecular formula is C19H21NO5S. The summed E-state index contributed by atoms with van der Waals surface area (Å²) in [6.07, 6.45) is 0.136. The highest BCUT2D eigenvalue weighted by Crippen LogP contribution is 2.31. The summed E-state index contributed by atoms with van der Waals surface area (Å²) < 4.78 is 10.5. The number of para-hydroxylation sites is 1. The molecule has 138 valence electrons. The summed E-state index contributed by atoms with van der Waals surface area (Å²) in [6, 6.07) is 12.6. The van der Waals surface area contributed by atoms with Crippen molar-refractivity contribution in [2.75, 3.05) is 25.3 Å². The van der Waals surface area contributed by atoms with Gasteiger partial charge in [0.2, 0.25) is 0 Å². The highest BCUT2D eigenvalue weighted by atomic mass is 32.2. The van der Waals surface area contributed by atoms with Gasteiger partial charge < -0.3 is 19.9 Å². The van der Waals surface area contributed by atoms with Gasteiger partial charge in [0.25, 0.3) is 5.91 Å². The Morgan fingerprint density at radius 2 is 1.88 bits per heavy atom. The zero-order chi connectivity index (χ0) is 18.9. The van der Waals surface area contributed by atoms with E-state index in [2.05, 4.69) is 5.32 Å². The maximum absolute atomic E-state index is 12.6. The molecule has 7 heteroatoms. The van der Waals surface area contributed by atoms with Crippen molar-refractivity contribution in [1.29, 1.82) is 0 Å². The number of nitrogens with one attached hydrogen (secondary N) is 1. The molecule has 0 radical (unpaired) electrons. The number of amides is 1. The Labute approximate surface area is 156 Å². The Kier molecular flexibility index (Phi) is 7.35. The number of carbonyl (C=O) groups excluding carboxylic acids is 1. The van der Waals surface area contributed by atoms with Crippen LogP contribution in [0.5, 0.6) is 11.5 Å². The number of carboxylic acid groups (broad SMARTS) is 1. The van der Waals surface area contributed by atoms with Crippen LogP contribution in [0.1, 0.15) is 22.3 Å². The molecular weight excluding hydrogens is 354 g/mol. The Balaban J connectivity index is 2.05. The van der Waals surface area contributed by atoms with Crippen molar-refractivity contribution in [3.05, 3.63) is 53.6 Å². The number of methoxy groups -OCH3 is 2. The van der Waals surface area contributed by atoms with Crippen molar-refractivity contribution in [3.8, 4) is 11.5 Å². The molecule has 0 spiro atoms. The Morgan fingerprint density at radius 1 is 1.12 bits per heavy atom. The number of rotatable bonds is 9. The molecule has 0 saturated heterocycles. The lowest BCUT2D eigenvalue weighted by Gasteiger charge is -2.13. The number of carbonyl (C=O) groups is 2. The molecule has 0 bridgehead atoms. The summed E-state index contributed by atoms with van der Waals surface area (Å²) >= 11 is 1.54. The first kappa shape index (κ1) is 19.7. The molecule has 0 unspecified atom stereocenters. The number of ether oxygens (including phenoxy) is 2. The smallest absolute Gasteiger partial charge is 0.304 e. The Bertz CT molecular complexity index is 778. The van der Waals surface area contributed by atoms with E-state index in [-0.39, 0.29) is 12.3 Å². The SMILES string of the molecule is COc1cccc(C(=O)Nc2cccc(CSCCC(=O)O)c2)c1OC. The van der Waals surface area contributed by atoms with Crippen molar-refractivity contribution < 1.29 is 24.2 Å². The third-order valence-corrected chi connectivity index (χ3v) is 4.59. The normalized spacial score (nSPS) is 10.2. The fraction of sp³-hybridized carbons (Fsp3) is 0.263. The lowest BCUT2D eigenvalue weighted by molar-refractivity contribution is -0.136. The van der Waals surface area contributed by atoms with E-state index in [1.165, 1.54) is 26.0 Å². The number of anilines is 1. The molecule has 2 N–H and O–H groups in total. The molecule has 0 saturated carbocycles. The lowest BCUT2D eigenvalue weighted by Crippen LogP contribution is -2.13. The summed E-state index contributed by atoms with van der Waals surface area (Å²) in [6.45, 7) is 0. The molecule has 0 aliphatic heterocycles. The standard InChI is InChI=1S/C19H21NO5S/c1-24-16-8-4-7-15(18(16)25-2)19(23)20-14-6-3-5-13(11-14)12-26-10-9-17(21)22/h3-8,11H,9-10,12H2,1-2H3,(H,20,23)(H,21,22). The quantitative estimate of drug-likeness (QED) is 0.651. The molecule has 0 aromatic heterocycles. The molecule has 0 atom stereocenters. The Morgan fingerprint density at radius 3 is 2.58 bits per heavy atom. The first-order valence-corrected chi connectivity index (χ1v) is 9.11. The number of hydrogen-bond acceptors (Lipinski definition) is 5. The first-order chi connectivity index (χ1) is 12.5. The van der Waals surface area contributed by atoms with Crippen LogP contribution in [0.2, 0.25) is 0 Å². The van der Waals surface area contributed by atoms with Gasteiger partial charge in [-0.25, -0.2) is 0 Å². The summed E-state index contributed by atoms with van der Waals surface area (Å²) in [4.78, 5) is 23.1. The van der Waals surface area contributed by atoms with Gasteiger partial charge in [-0.05, 0) is 29.8 Å². The number of hydrogen-bond donors (Lipinski definition) is 2. The van der Waals surface area contributed by atoms with Gasteiger partial charge in [-0.2, -0.15) is 11.8 Å². The van der Waals surface area contributed by atoms with Gasteiger partial charge in [0.15, 0.2) is 11.5 Å². The van der Waals surface area contributed by atoms with Crippen molar-refractivity contribution in [3.63, 3.8) is 0 Å². The van der Waals surface area contributed by atoms with Gasteiger partial charge in [-0.1, -0.05) is 18.2 Å². The van der Waals surface area contributed by atoms with Gasteiger partial charge in [0.1, 0.15) is 0 Å². The predicted molar refractivity (Wildman–Crippen MR) is 102 cm³/mol. The minimum absolute atomic E-state index is 0.136. The third-order valence-electron chi connectivity index (χ3n) is 3.56. The molecule has 26 heavy (non-hydrogen) atoms. The van der Waals surface area contributed by atoms with Crippen molar-refractivity contribution in [2.24, 2.45) is 0 Å². The molecule has 0 aliphatic carbocycles. The second kappa shape index (κ2) is 9.72. The molecule has 0 fully saturated rings. The van der Waals surface area contributed by atoms with Crippen molar-refractivity contribution in [1.82, 2.24) is 0 Å². The number of thioether (sulfide) groups is 1. The topological polar surface area (TPSA) is 84.9 Å². The maximum atomic E-state index is 12.6. The van der Waals surface area contributed by atoms with E-state index >= 15 is 0 Å². The maximum Gasteiger partial charge on any atom is 0.304 e. The second-order valence-corrected chi connectivity index (χ2v) is 6.50. The highest BCUT2D eigenvalue weighted by Gasteiger charge is 2.16. The zero-order valence-corrected chi connectivity index (χ0v) is 15.5. The summed E-state index contributed by atoms with van der Waals surface area (Å²) in [5.74, 6) is 1.01. The monoisotopic (exact) mass is 375 g/mol. The van der Waals surface area contributed by atoms with Crippen LogP contribution in [-0.4, -0.2) is 37.0 Å². The summed E-state index contributed by atoms with van der Waals surface area (Å²) in [5.41, 5.74) is 2.06. The fourth-order valence-electron chi connectivity index (χ4n) is 2.35. The van der Waals surface area contributed by atoms with E-state index in [1.54, 1.807) is 24.3 Å². The van der Waals surface area contributed by atoms with Crippen LogP contribution in [-0.2, 0) is 10.5 Å². The fourth-order valence-corrected chi connectivity index (χ4v) is 3.23. The van der Waals surface area contributed by atoms with E-state index in [1.807, 2.05) is 18.2 Å². The molecule has 1 amide bonds. The Hall–Kier alpha value is -2.67. The van der Waals surface area contributed by atoms with Gasteiger partial charge in [0, 0.05) is 17.2 Å². The van der Waals surface area contributed by atoms with Crippen molar-refractivity contribution in [2.45, 2.75) is 12.2 Å². The van der Waals surface area contributed by atoms with E-state index in [0.717, 1.165) is 5.56 Å². The van der Waals surface area contributed by atoms with Gasteiger partial charge >= 0.3 is 5.97 Å². The molecule has 6 nitrogen and oxygen atoms in total. The average molecular weight is 375 g/mol. The van der Waals surface area contributed by atoms with Crippen LogP contribution in [0.4, 0.5) is 5.69 Å². The van der Waals surface area contributed by atoms with Crippen molar-refractivity contribution >= 4 is 29.3 Å². The second-order valence-electron chi connectivity index (χ2n) is 5.39. The minimum atomic E-state index is -0.800. The number of carboxylic acids is 1. The molecule has 2 aromatic rings. The highest BCUT2D eigenvalue weighted by molar-refractivity contribution is 7.98. The van der Waals surface area contributed by atoms with Crippen LogP contribution in [0.15, 0.2) is 42.5 Å². The van der Waals surface area contributed by atoms with Gasteiger partial charge in [0.05, 0.1) is 26.2 Å². The minimum Gasteiger partial charge on any atom is -0.493 e. The molecule has 0 heterocycles. The summed E-state index contributed by atoms with van der Waals surface area (Å²) in [7, 11) is 3.01. The van der Waals surface area contributed by atoms with Gasteiger partial charge in [-0.15, -0.1) is 0 Å². The van der Waals surface area contributed by atoms with Crippen LogP contribution in [0, 0.1) is 0 Å². The van der Waals surface area contributed by atoms with Crippen LogP contribution >= 0.6 is 11.8 Å². The largest absolute Gasteiger partial charge is 0.493 e. The third kappa shape index (κ3) is 5.42. The number of benzene rings is 2. The lowest BCUT2D eigenvalue weighted by atomic mass is 10.1. The van der Waals surface area contributed by atoms with E-state index < -0.39 is 5.97 Å². The van der Waals surface area contributed by atoms with Gasteiger partial charge in [-0.3, -0.25) is 9.59 Å². The van der Waals surface area contributed by atoms with E-state index in [4.69, 9.17) is 14.6 Å². The van der Waals surface area contributed by atoms with Crippen LogP contribution < -0.4 is 14.8 Å². The van der Waals surface area contributed by atoms with Crippen LogP contribution in [0.25, 0.3) is 0 Å². The van der Waals surface area contributed by atoms with E-state index in [9.17, 15) is 9.59 Å². The first-order valence-electron chi connectivity index (χ1n) is 7.96. The zero-order valence-electron chi connectivity index (χ0n) is 14.7. The van der Waals surface area contributed by atoms with Crippen LogP contribution in [0.3, 0.4) is 0 Å². The number of aliphatic carboxylic acids is 1. The summed E-state index contributed by atoms with van der Waals surface area (Å²) in [5, 5.41) is 11.5. The average Bonchev–Trinajstić information content (AvgIpc) is 2.64.